The highest BCUT2D eigenvalue weighted by atomic mass is 35.5. The predicted molar refractivity (Wildman–Crippen MR) is 109 cm³/mol. The van der Waals surface area contributed by atoms with Crippen LogP contribution in [0.15, 0.2) is 46.2 Å². The summed E-state index contributed by atoms with van der Waals surface area (Å²) in [5.74, 6) is 0. The van der Waals surface area contributed by atoms with Crippen LogP contribution in [0.25, 0.3) is 0 Å². The fraction of sp³-hybridized carbons (Fsp3) is 0.250. The van der Waals surface area contributed by atoms with Gasteiger partial charge in [-0.15, -0.1) is 0 Å². The van der Waals surface area contributed by atoms with Gasteiger partial charge in [0.25, 0.3) is 10.0 Å². The summed E-state index contributed by atoms with van der Waals surface area (Å²) in [5.41, 5.74) is 0.507. The zero-order valence-electron chi connectivity index (χ0n) is 14.8. The van der Waals surface area contributed by atoms with E-state index >= 15 is 0 Å². The molecule has 0 radical (unpaired) electrons. The van der Waals surface area contributed by atoms with Crippen LogP contribution in [0.3, 0.4) is 0 Å². The Hall–Kier alpha value is -1.52. The highest BCUT2D eigenvalue weighted by Crippen LogP contribution is 2.33. The van der Waals surface area contributed by atoms with Crippen molar-refractivity contribution in [2.24, 2.45) is 0 Å². The lowest BCUT2D eigenvalue weighted by atomic mass is 10.2. The monoisotopic (exact) mass is 451 g/mol. The topological polar surface area (TPSA) is 95.6 Å². The van der Waals surface area contributed by atoms with Crippen molar-refractivity contribution in [1.29, 1.82) is 0 Å². The lowest BCUT2D eigenvalue weighted by Gasteiger charge is -2.17. The van der Waals surface area contributed by atoms with Crippen LogP contribution in [0.2, 0.25) is 10.0 Å². The molecule has 0 saturated carbocycles. The largest absolute Gasteiger partial charge is 0.384 e. The van der Waals surface area contributed by atoms with Gasteiger partial charge in [-0.05, 0) is 37.3 Å². The third-order valence-electron chi connectivity index (χ3n) is 3.59. The fourth-order valence-electron chi connectivity index (χ4n) is 2.21. The van der Waals surface area contributed by atoms with Gasteiger partial charge in [-0.3, -0.25) is 4.72 Å². The SMILES string of the molecule is CCNc1ccc(S(=O)(=O)N(C)C)cc1NS(=O)(=O)c1cccc(Cl)c1Cl. The third kappa shape index (κ3) is 4.67. The standard InChI is InChI=1S/C16H19Cl2N3O4S2/c1-4-19-13-9-8-11(27(24,25)21(2)3)10-14(13)20-26(22,23)15-7-5-6-12(17)16(15)18/h5-10,19-20H,4H2,1-3H3. The molecule has 0 saturated heterocycles. The van der Waals surface area contributed by atoms with Crippen LogP contribution >= 0.6 is 23.2 Å². The van der Waals surface area contributed by atoms with Crippen LogP contribution in [0, 0.1) is 0 Å². The molecule has 0 fully saturated rings. The molecule has 2 N–H and O–H groups in total. The molecule has 0 aliphatic heterocycles. The number of nitrogens with zero attached hydrogens (tertiary/aromatic N) is 1. The molecule has 2 aromatic carbocycles. The summed E-state index contributed by atoms with van der Waals surface area (Å²) in [6.07, 6.45) is 0. The Labute approximate surface area is 169 Å². The van der Waals surface area contributed by atoms with Crippen LogP contribution in [0.5, 0.6) is 0 Å². The molecule has 0 spiro atoms. The van der Waals surface area contributed by atoms with Crippen molar-refractivity contribution >= 4 is 54.6 Å². The highest BCUT2D eigenvalue weighted by molar-refractivity contribution is 7.93. The number of hydrogen-bond donors (Lipinski definition) is 2. The summed E-state index contributed by atoms with van der Waals surface area (Å²) in [7, 11) is -5.06. The van der Waals surface area contributed by atoms with Gasteiger partial charge in [0, 0.05) is 20.6 Å². The molecule has 148 valence electrons. The summed E-state index contributed by atoms with van der Waals surface area (Å²) in [6.45, 7) is 2.34. The normalized spacial score (nSPS) is 12.2. The summed E-state index contributed by atoms with van der Waals surface area (Å²) in [5, 5.41) is 2.97. The number of sulfonamides is 2. The second-order valence-corrected chi connectivity index (χ2v) is 10.3. The fourth-order valence-corrected chi connectivity index (χ4v) is 4.98. The van der Waals surface area contributed by atoms with Gasteiger partial charge in [0.2, 0.25) is 10.0 Å². The first-order valence-corrected chi connectivity index (χ1v) is 11.5. The number of anilines is 2. The average molecular weight is 452 g/mol. The molecule has 0 amide bonds. The van der Waals surface area contributed by atoms with E-state index < -0.39 is 20.0 Å². The molecule has 0 aliphatic rings. The number of halogens is 2. The first-order valence-electron chi connectivity index (χ1n) is 7.78. The molecule has 0 aliphatic carbocycles. The Morgan fingerprint density at radius 2 is 1.67 bits per heavy atom. The van der Waals surface area contributed by atoms with Crippen LogP contribution in [0.4, 0.5) is 11.4 Å². The minimum absolute atomic E-state index is 0.0518. The number of rotatable bonds is 7. The second-order valence-electron chi connectivity index (χ2n) is 5.68. The molecule has 2 rings (SSSR count). The minimum atomic E-state index is -4.10. The first-order chi connectivity index (χ1) is 12.5. The zero-order valence-corrected chi connectivity index (χ0v) is 18.0. The number of nitrogens with one attached hydrogen (secondary N) is 2. The molecule has 27 heavy (non-hydrogen) atoms. The van der Waals surface area contributed by atoms with Crippen molar-refractivity contribution in [1.82, 2.24) is 4.31 Å². The van der Waals surface area contributed by atoms with Crippen molar-refractivity contribution in [3.8, 4) is 0 Å². The molecule has 11 heteroatoms. The summed E-state index contributed by atoms with van der Waals surface area (Å²) >= 11 is 11.9. The highest BCUT2D eigenvalue weighted by Gasteiger charge is 2.23. The minimum Gasteiger partial charge on any atom is -0.384 e. The third-order valence-corrected chi connectivity index (χ3v) is 7.74. The maximum Gasteiger partial charge on any atom is 0.263 e. The molecular weight excluding hydrogens is 433 g/mol. The molecule has 2 aromatic rings. The summed E-state index contributed by atoms with van der Waals surface area (Å²) in [4.78, 5) is -0.260. The van der Waals surface area contributed by atoms with Gasteiger partial charge in [0.05, 0.1) is 26.3 Å². The van der Waals surface area contributed by atoms with Crippen LogP contribution < -0.4 is 10.0 Å². The molecule has 0 unspecified atom stereocenters. The Balaban J connectivity index is 2.57. The van der Waals surface area contributed by atoms with Crippen molar-refractivity contribution in [3.05, 3.63) is 46.4 Å². The average Bonchev–Trinajstić information content (AvgIpc) is 2.58. The van der Waals surface area contributed by atoms with E-state index in [-0.39, 0.29) is 25.5 Å². The molecule has 7 nitrogen and oxygen atoms in total. The zero-order chi connectivity index (χ0) is 20.4. The van der Waals surface area contributed by atoms with Crippen molar-refractivity contribution in [2.75, 3.05) is 30.7 Å². The molecular formula is C16H19Cl2N3O4S2. The van der Waals surface area contributed by atoms with E-state index in [0.29, 0.717) is 12.2 Å². The number of benzene rings is 2. The molecule has 0 heterocycles. The lowest BCUT2D eigenvalue weighted by Crippen LogP contribution is -2.23. The Bertz CT molecular complexity index is 1060. The van der Waals surface area contributed by atoms with Crippen LogP contribution in [0.1, 0.15) is 6.92 Å². The van der Waals surface area contributed by atoms with E-state index in [1.54, 1.807) is 0 Å². The van der Waals surface area contributed by atoms with E-state index in [1.807, 2.05) is 6.92 Å². The second kappa shape index (κ2) is 8.24. The van der Waals surface area contributed by atoms with Crippen molar-refractivity contribution < 1.29 is 16.8 Å². The van der Waals surface area contributed by atoms with E-state index in [9.17, 15) is 16.8 Å². The van der Waals surface area contributed by atoms with Gasteiger partial charge in [0.15, 0.2) is 0 Å². The summed E-state index contributed by atoms with van der Waals surface area (Å²) in [6, 6.07) is 8.39. The van der Waals surface area contributed by atoms with Crippen molar-refractivity contribution in [2.45, 2.75) is 16.7 Å². The van der Waals surface area contributed by atoms with Crippen LogP contribution in [-0.2, 0) is 20.0 Å². The molecule has 0 atom stereocenters. The van der Waals surface area contributed by atoms with E-state index in [2.05, 4.69) is 10.0 Å². The Morgan fingerprint density at radius 3 is 2.26 bits per heavy atom. The predicted octanol–water partition coefficient (Wildman–Crippen LogP) is 3.48. The van der Waals surface area contributed by atoms with Gasteiger partial charge >= 0.3 is 0 Å². The maximum atomic E-state index is 12.8. The van der Waals surface area contributed by atoms with Gasteiger partial charge in [-0.25, -0.2) is 21.1 Å². The van der Waals surface area contributed by atoms with Gasteiger partial charge < -0.3 is 5.32 Å². The Kier molecular flexibility index (Phi) is 6.64. The smallest absolute Gasteiger partial charge is 0.263 e. The summed E-state index contributed by atoms with van der Waals surface area (Å²) < 4.78 is 53.8. The van der Waals surface area contributed by atoms with E-state index in [0.717, 1.165) is 4.31 Å². The van der Waals surface area contributed by atoms with Gasteiger partial charge in [-0.2, -0.15) is 0 Å². The quantitative estimate of drug-likeness (QED) is 0.671. The van der Waals surface area contributed by atoms with E-state index in [1.165, 1.54) is 50.5 Å². The van der Waals surface area contributed by atoms with Crippen molar-refractivity contribution in [3.63, 3.8) is 0 Å². The first kappa shape index (κ1) is 21.8. The molecule has 0 aromatic heterocycles. The lowest BCUT2D eigenvalue weighted by molar-refractivity contribution is 0.521. The molecule has 0 bridgehead atoms. The van der Waals surface area contributed by atoms with Crippen LogP contribution in [-0.4, -0.2) is 41.8 Å². The van der Waals surface area contributed by atoms with Gasteiger partial charge in [-0.1, -0.05) is 29.3 Å². The van der Waals surface area contributed by atoms with Gasteiger partial charge in [0.1, 0.15) is 4.90 Å². The Morgan fingerprint density at radius 1 is 1.00 bits per heavy atom. The number of hydrogen-bond acceptors (Lipinski definition) is 5. The van der Waals surface area contributed by atoms with E-state index in [4.69, 9.17) is 23.2 Å². The maximum absolute atomic E-state index is 12.8.